The predicted molar refractivity (Wildman–Crippen MR) is 123 cm³/mol. The maximum atomic E-state index is 12.5. The van der Waals surface area contributed by atoms with Crippen molar-refractivity contribution in [3.63, 3.8) is 0 Å². The van der Waals surface area contributed by atoms with Crippen LogP contribution in [0.4, 0.5) is 5.69 Å². The largest absolute Gasteiger partial charge is 0.390 e. The first kappa shape index (κ1) is 22.5. The number of aliphatic hydroxyl groups is 1. The first-order valence-corrected chi connectivity index (χ1v) is 11.0. The Kier molecular flexibility index (Phi) is 7.80. The van der Waals surface area contributed by atoms with E-state index in [2.05, 4.69) is 25.2 Å². The molecular formula is C22H26N6O2S. The summed E-state index contributed by atoms with van der Waals surface area (Å²) in [5.74, 6) is 0.0435. The highest BCUT2D eigenvalue weighted by Crippen LogP contribution is 2.31. The predicted octanol–water partition coefficient (Wildman–Crippen LogP) is 3.09. The number of aliphatic hydroxyl groups excluding tert-OH is 1. The summed E-state index contributed by atoms with van der Waals surface area (Å²) in [7, 11) is 0. The molecule has 31 heavy (non-hydrogen) atoms. The first-order chi connectivity index (χ1) is 15.1. The van der Waals surface area contributed by atoms with Crippen molar-refractivity contribution in [2.75, 3.05) is 6.54 Å². The quantitative estimate of drug-likeness (QED) is 0.511. The first-order valence-electron chi connectivity index (χ1n) is 10.1. The minimum Gasteiger partial charge on any atom is -0.390 e. The number of hydrogen-bond donors (Lipinski definition) is 3. The van der Waals surface area contributed by atoms with Gasteiger partial charge in [0.25, 0.3) is 5.91 Å². The Morgan fingerprint density at radius 1 is 1.23 bits per heavy atom. The minimum atomic E-state index is -0.249. The van der Waals surface area contributed by atoms with E-state index in [1.54, 1.807) is 0 Å². The van der Waals surface area contributed by atoms with E-state index < -0.39 is 0 Å². The van der Waals surface area contributed by atoms with Crippen molar-refractivity contribution < 1.29 is 9.90 Å². The van der Waals surface area contributed by atoms with Crippen LogP contribution in [-0.2, 0) is 17.8 Å². The number of fused-ring (bicyclic) bond motifs is 1. The zero-order valence-electron chi connectivity index (χ0n) is 17.8. The van der Waals surface area contributed by atoms with Gasteiger partial charge in [-0.05, 0) is 54.6 Å². The Balaban J connectivity index is 0.00000132. The highest BCUT2D eigenvalue weighted by molar-refractivity contribution is 7.98. The maximum absolute atomic E-state index is 12.5. The number of hydrogen-bond acceptors (Lipinski definition) is 7. The van der Waals surface area contributed by atoms with Gasteiger partial charge >= 0.3 is 0 Å². The lowest BCUT2D eigenvalue weighted by Gasteiger charge is -2.16. The van der Waals surface area contributed by atoms with E-state index in [4.69, 9.17) is 0 Å². The molecule has 0 radical (unpaired) electrons. The zero-order chi connectivity index (χ0) is 22.2. The van der Waals surface area contributed by atoms with E-state index in [-0.39, 0.29) is 12.5 Å². The second-order valence-corrected chi connectivity index (χ2v) is 7.40. The van der Waals surface area contributed by atoms with Crippen LogP contribution >= 0.6 is 11.9 Å². The van der Waals surface area contributed by atoms with Crippen LogP contribution in [0, 0.1) is 6.92 Å². The molecule has 0 aliphatic carbocycles. The van der Waals surface area contributed by atoms with Crippen molar-refractivity contribution >= 4 is 29.4 Å². The number of carbonyl (C=O) groups excluding carboxylic acids is 1. The molecule has 0 bridgehead atoms. The lowest BCUT2D eigenvalue weighted by molar-refractivity contribution is -0.114. The Hall–Kier alpha value is -3.17. The number of nitrogens with zero attached hydrogens (tertiary/aromatic N) is 4. The van der Waals surface area contributed by atoms with Gasteiger partial charge in [-0.2, -0.15) is 15.0 Å². The molecule has 2 aromatic carbocycles. The molecule has 0 saturated carbocycles. The van der Waals surface area contributed by atoms with Crippen LogP contribution in [0.15, 0.2) is 58.5 Å². The van der Waals surface area contributed by atoms with Crippen molar-refractivity contribution in [2.24, 2.45) is 4.99 Å². The van der Waals surface area contributed by atoms with Crippen LogP contribution in [0.3, 0.4) is 0 Å². The number of para-hydroxylation sites is 1. The summed E-state index contributed by atoms with van der Waals surface area (Å²) in [6.07, 6.45) is 2.14. The molecule has 1 aromatic heterocycles. The van der Waals surface area contributed by atoms with E-state index in [0.717, 1.165) is 27.4 Å². The van der Waals surface area contributed by atoms with Crippen molar-refractivity contribution in [1.82, 2.24) is 25.0 Å². The van der Waals surface area contributed by atoms with Crippen molar-refractivity contribution in [3.8, 4) is 5.69 Å². The van der Waals surface area contributed by atoms with E-state index >= 15 is 0 Å². The molecule has 3 aromatic rings. The Labute approximate surface area is 185 Å². The second kappa shape index (κ2) is 10.7. The smallest absolute Gasteiger partial charge is 0.287 e. The number of aliphatic imine (C=N–C) groups is 1. The van der Waals surface area contributed by atoms with Gasteiger partial charge in [-0.15, -0.1) is 0 Å². The molecule has 4 rings (SSSR count). The van der Waals surface area contributed by atoms with E-state index in [1.807, 2.05) is 63.2 Å². The van der Waals surface area contributed by atoms with Gasteiger partial charge in [-0.1, -0.05) is 38.1 Å². The van der Waals surface area contributed by atoms with Crippen LogP contribution in [-0.4, -0.2) is 38.4 Å². The number of amides is 1. The molecule has 0 spiro atoms. The number of aromatic nitrogens is 3. The Morgan fingerprint density at radius 3 is 2.81 bits per heavy atom. The standard InChI is InChI=1S/C20H20N6O2S.C2H6/c1-13-6-7-16-18(10-13)29-25-19(23-16)20(28)21-9-8-14-4-2-3-5-17(14)26-22-11-15(12-27)24-26;1-2/h2-7,10-11,27H,8-9,12H2,1H3,(H,21,28)(H,23,25);1-2H3. The average Bonchev–Trinajstić information content (AvgIpc) is 3.29. The molecule has 162 valence electrons. The summed E-state index contributed by atoms with van der Waals surface area (Å²) in [4.78, 5) is 19.4. The maximum Gasteiger partial charge on any atom is 0.287 e. The molecule has 0 saturated heterocycles. The molecule has 0 atom stereocenters. The molecule has 8 nitrogen and oxygen atoms in total. The van der Waals surface area contributed by atoms with Crippen LogP contribution < -0.4 is 10.0 Å². The molecule has 9 heteroatoms. The number of rotatable bonds is 6. The lowest BCUT2D eigenvalue weighted by atomic mass is 10.1. The normalized spacial score (nSPS) is 12.1. The summed E-state index contributed by atoms with van der Waals surface area (Å²) in [6.45, 7) is 6.30. The highest BCUT2D eigenvalue weighted by Gasteiger charge is 2.18. The SMILES string of the molecule is CC.Cc1ccc2c(c1)SNC(C(=O)NCCc1ccccc1-n1ncc(CO)n1)=N2. The fourth-order valence-corrected chi connectivity index (χ4v) is 3.74. The van der Waals surface area contributed by atoms with Gasteiger partial charge in [0.15, 0.2) is 0 Å². The van der Waals surface area contributed by atoms with E-state index in [0.29, 0.717) is 24.5 Å². The van der Waals surface area contributed by atoms with Gasteiger partial charge in [-0.25, -0.2) is 4.99 Å². The summed E-state index contributed by atoms with van der Waals surface area (Å²) < 4.78 is 3.00. The molecule has 2 heterocycles. The Morgan fingerprint density at radius 2 is 2.03 bits per heavy atom. The molecule has 0 fully saturated rings. The third-order valence-corrected chi connectivity index (χ3v) is 5.25. The van der Waals surface area contributed by atoms with Crippen LogP contribution in [0.5, 0.6) is 0 Å². The third kappa shape index (κ3) is 5.50. The minimum absolute atomic E-state index is 0.159. The number of carbonyl (C=O) groups is 1. The van der Waals surface area contributed by atoms with Crippen molar-refractivity contribution in [3.05, 3.63) is 65.5 Å². The van der Waals surface area contributed by atoms with Gasteiger partial charge in [0, 0.05) is 6.54 Å². The third-order valence-electron chi connectivity index (χ3n) is 4.41. The lowest BCUT2D eigenvalue weighted by Crippen LogP contribution is -2.39. The molecule has 1 amide bonds. The van der Waals surface area contributed by atoms with Gasteiger partial charge < -0.3 is 15.1 Å². The van der Waals surface area contributed by atoms with Crippen LogP contribution in [0.1, 0.15) is 30.7 Å². The van der Waals surface area contributed by atoms with Crippen LogP contribution in [0.2, 0.25) is 0 Å². The van der Waals surface area contributed by atoms with Crippen molar-refractivity contribution in [2.45, 2.75) is 38.7 Å². The number of benzene rings is 2. The summed E-state index contributed by atoms with van der Waals surface area (Å²) >= 11 is 1.39. The fraction of sp³-hybridized carbons (Fsp3) is 0.273. The number of nitrogens with one attached hydrogen (secondary N) is 2. The molecule has 3 N–H and O–H groups in total. The molecule has 0 unspecified atom stereocenters. The molecule has 1 aliphatic rings. The summed E-state index contributed by atoms with van der Waals surface area (Å²) in [5, 5.41) is 20.5. The van der Waals surface area contributed by atoms with Gasteiger partial charge in [0.1, 0.15) is 5.69 Å². The van der Waals surface area contributed by atoms with Crippen LogP contribution in [0.25, 0.3) is 5.69 Å². The van der Waals surface area contributed by atoms with Gasteiger partial charge in [-0.3, -0.25) is 4.79 Å². The highest BCUT2D eigenvalue weighted by atomic mass is 32.2. The number of amidine groups is 1. The summed E-state index contributed by atoms with van der Waals surface area (Å²) in [6, 6.07) is 13.6. The fourth-order valence-electron chi connectivity index (χ4n) is 2.93. The van der Waals surface area contributed by atoms with Gasteiger partial charge in [0.05, 0.1) is 29.1 Å². The molecule has 1 aliphatic heterocycles. The van der Waals surface area contributed by atoms with E-state index in [1.165, 1.54) is 22.9 Å². The molecular weight excluding hydrogens is 412 g/mol. The monoisotopic (exact) mass is 438 g/mol. The topological polar surface area (TPSA) is 104 Å². The number of aryl methyl sites for hydroxylation is 1. The van der Waals surface area contributed by atoms with Gasteiger partial charge in [0.2, 0.25) is 5.84 Å². The second-order valence-electron chi connectivity index (χ2n) is 6.55. The Bertz CT molecular complexity index is 1080. The van der Waals surface area contributed by atoms with Crippen molar-refractivity contribution in [1.29, 1.82) is 0 Å². The average molecular weight is 439 g/mol. The van der Waals surface area contributed by atoms with E-state index in [9.17, 15) is 9.90 Å². The summed E-state index contributed by atoms with van der Waals surface area (Å²) in [5.41, 5.74) is 4.25. The zero-order valence-corrected chi connectivity index (χ0v) is 18.6.